The molecule has 1 atom stereocenters. The maximum Gasteiger partial charge on any atom is 0.312 e. The number of carbonyl (C=O) groups excluding carboxylic acids is 3. The molecule has 4 N–H and O–H groups in total. The third kappa shape index (κ3) is 6.18. The van der Waals surface area contributed by atoms with Gasteiger partial charge in [-0.25, -0.2) is 4.79 Å². The van der Waals surface area contributed by atoms with E-state index < -0.39 is 12.1 Å². The summed E-state index contributed by atoms with van der Waals surface area (Å²) in [5, 5.41) is 5.75. The van der Waals surface area contributed by atoms with E-state index in [1.165, 1.54) is 6.42 Å². The topological polar surface area (TPSA) is 105 Å². The van der Waals surface area contributed by atoms with E-state index in [1.807, 2.05) is 6.92 Å². The number of carbonyl (C=O) groups is 3. The number of unbranched alkanes of at least 4 members (excludes halogenated alkanes) is 1. The number of nitrogens with one attached hydrogen (secondary N) is 2. The van der Waals surface area contributed by atoms with Gasteiger partial charge in [0.25, 0.3) is 0 Å². The zero-order valence-electron chi connectivity index (χ0n) is 16.0. The molecule has 0 aromatic carbocycles. The van der Waals surface area contributed by atoms with Crippen molar-refractivity contribution in [2.75, 3.05) is 13.1 Å². The molecule has 1 aliphatic carbocycles. The number of hydrogen-bond acceptors (Lipinski definition) is 3. The maximum atomic E-state index is 12.7. The number of piperidine rings is 1. The zero-order chi connectivity index (χ0) is 18.9. The molecule has 4 amide bonds. The monoisotopic (exact) mass is 366 g/mol. The van der Waals surface area contributed by atoms with Crippen LogP contribution in [-0.4, -0.2) is 47.9 Å². The summed E-state index contributed by atoms with van der Waals surface area (Å²) in [6, 6.07) is -1.05. The summed E-state index contributed by atoms with van der Waals surface area (Å²) in [7, 11) is 0. The van der Waals surface area contributed by atoms with Crippen LogP contribution in [0.2, 0.25) is 0 Å². The second kappa shape index (κ2) is 10.4. The highest BCUT2D eigenvalue weighted by atomic mass is 16.2. The largest absolute Gasteiger partial charge is 0.353 e. The van der Waals surface area contributed by atoms with Gasteiger partial charge in [-0.2, -0.15) is 0 Å². The van der Waals surface area contributed by atoms with E-state index in [-0.39, 0.29) is 23.8 Å². The summed E-state index contributed by atoms with van der Waals surface area (Å²) in [5.41, 5.74) is 5.21. The molecule has 0 aromatic heterocycles. The van der Waals surface area contributed by atoms with Gasteiger partial charge in [0.15, 0.2) is 0 Å². The first-order valence-corrected chi connectivity index (χ1v) is 10.2. The van der Waals surface area contributed by atoms with E-state index in [0.717, 1.165) is 51.4 Å². The van der Waals surface area contributed by atoms with Gasteiger partial charge in [0.1, 0.15) is 6.04 Å². The molecule has 7 nitrogen and oxygen atoms in total. The lowest BCUT2D eigenvalue weighted by Gasteiger charge is -2.35. The number of urea groups is 1. The Bertz CT molecular complexity index is 483. The molecule has 1 saturated heterocycles. The molecule has 1 heterocycles. The van der Waals surface area contributed by atoms with Gasteiger partial charge in [-0.05, 0) is 32.1 Å². The van der Waals surface area contributed by atoms with Crippen molar-refractivity contribution in [1.82, 2.24) is 15.5 Å². The summed E-state index contributed by atoms with van der Waals surface area (Å²) >= 11 is 0. The first-order valence-electron chi connectivity index (χ1n) is 10.2. The zero-order valence-corrected chi connectivity index (χ0v) is 16.0. The third-order valence-electron chi connectivity index (χ3n) is 5.59. The van der Waals surface area contributed by atoms with Crippen LogP contribution < -0.4 is 16.4 Å². The van der Waals surface area contributed by atoms with Crippen LogP contribution in [0.4, 0.5) is 4.79 Å². The highest BCUT2D eigenvalue weighted by molar-refractivity contribution is 5.86. The van der Waals surface area contributed by atoms with Crippen LogP contribution in [0, 0.1) is 5.92 Å². The number of hydrogen-bond donors (Lipinski definition) is 3. The van der Waals surface area contributed by atoms with Crippen molar-refractivity contribution in [3.63, 3.8) is 0 Å². The van der Waals surface area contributed by atoms with Gasteiger partial charge in [-0.15, -0.1) is 0 Å². The second-order valence-corrected chi connectivity index (χ2v) is 7.65. The van der Waals surface area contributed by atoms with E-state index in [1.54, 1.807) is 4.90 Å². The standard InChI is InChI=1S/C19H34N4O3/c1-2-3-9-16(22-19(20)26)18(25)23-12-10-15(11-13-23)21-17(24)14-7-5-4-6-8-14/h14-16H,2-13H2,1H3,(H,21,24)(H3,20,22,26). The van der Waals surface area contributed by atoms with Crippen LogP contribution in [0.15, 0.2) is 0 Å². The molecule has 1 saturated carbocycles. The summed E-state index contributed by atoms with van der Waals surface area (Å²) in [5.74, 6) is 0.293. The molecule has 2 fully saturated rings. The number of likely N-dealkylation sites (tertiary alicyclic amines) is 1. The van der Waals surface area contributed by atoms with E-state index in [4.69, 9.17) is 5.73 Å². The van der Waals surface area contributed by atoms with Crippen molar-refractivity contribution >= 4 is 17.8 Å². The van der Waals surface area contributed by atoms with Crippen molar-refractivity contribution in [2.24, 2.45) is 11.7 Å². The Hall–Kier alpha value is -1.79. The first kappa shape index (κ1) is 20.5. The Balaban J connectivity index is 1.79. The molecule has 2 rings (SSSR count). The first-order chi connectivity index (χ1) is 12.5. The number of nitrogens with zero attached hydrogens (tertiary/aromatic N) is 1. The molecule has 26 heavy (non-hydrogen) atoms. The van der Waals surface area contributed by atoms with Gasteiger partial charge >= 0.3 is 6.03 Å². The van der Waals surface area contributed by atoms with Crippen LogP contribution in [0.3, 0.4) is 0 Å². The molecule has 1 aliphatic heterocycles. The minimum absolute atomic E-state index is 0.0608. The van der Waals surface area contributed by atoms with E-state index in [2.05, 4.69) is 10.6 Å². The Morgan fingerprint density at radius 1 is 1.08 bits per heavy atom. The average Bonchev–Trinajstić information content (AvgIpc) is 2.65. The fourth-order valence-corrected chi connectivity index (χ4v) is 3.99. The molecule has 0 aromatic rings. The Morgan fingerprint density at radius 2 is 1.73 bits per heavy atom. The minimum atomic E-state index is -0.658. The van der Waals surface area contributed by atoms with Gasteiger partial charge in [-0.1, -0.05) is 39.0 Å². The normalized spacial score (nSPS) is 20.4. The quantitative estimate of drug-likeness (QED) is 0.641. The number of rotatable bonds is 7. The van der Waals surface area contributed by atoms with Crippen LogP contribution in [-0.2, 0) is 9.59 Å². The van der Waals surface area contributed by atoms with Crippen LogP contribution >= 0.6 is 0 Å². The van der Waals surface area contributed by atoms with Crippen molar-refractivity contribution < 1.29 is 14.4 Å². The summed E-state index contributed by atoms with van der Waals surface area (Å²) in [6.07, 6.45) is 9.50. The van der Waals surface area contributed by atoms with Crippen LogP contribution in [0.5, 0.6) is 0 Å². The Kier molecular flexibility index (Phi) is 8.19. The van der Waals surface area contributed by atoms with Crippen molar-refractivity contribution in [2.45, 2.75) is 83.2 Å². The predicted molar refractivity (Wildman–Crippen MR) is 100 cm³/mol. The summed E-state index contributed by atoms with van der Waals surface area (Å²) in [4.78, 5) is 38.0. The van der Waals surface area contributed by atoms with E-state index >= 15 is 0 Å². The van der Waals surface area contributed by atoms with Gasteiger partial charge in [0.2, 0.25) is 11.8 Å². The molecule has 2 aliphatic rings. The molecule has 148 valence electrons. The van der Waals surface area contributed by atoms with Crippen LogP contribution in [0.1, 0.15) is 71.1 Å². The lowest BCUT2D eigenvalue weighted by molar-refractivity contribution is -0.134. The van der Waals surface area contributed by atoms with E-state index in [9.17, 15) is 14.4 Å². The van der Waals surface area contributed by atoms with Gasteiger partial charge in [0, 0.05) is 25.0 Å². The Labute approximate surface area is 156 Å². The fourth-order valence-electron chi connectivity index (χ4n) is 3.99. The van der Waals surface area contributed by atoms with Gasteiger partial charge in [0.05, 0.1) is 0 Å². The SMILES string of the molecule is CCCCC(NC(N)=O)C(=O)N1CCC(NC(=O)C2CCCCC2)CC1. The number of primary amides is 1. The smallest absolute Gasteiger partial charge is 0.312 e. The highest BCUT2D eigenvalue weighted by Crippen LogP contribution is 2.24. The lowest BCUT2D eigenvalue weighted by Crippen LogP contribution is -2.54. The molecular formula is C19H34N4O3. The predicted octanol–water partition coefficient (Wildman–Crippen LogP) is 1.90. The molecule has 7 heteroatoms. The average molecular weight is 367 g/mol. The molecule has 0 radical (unpaired) electrons. The minimum Gasteiger partial charge on any atom is -0.353 e. The molecule has 1 unspecified atom stereocenters. The van der Waals surface area contributed by atoms with E-state index in [0.29, 0.717) is 19.5 Å². The van der Waals surface area contributed by atoms with Gasteiger partial charge < -0.3 is 21.3 Å². The summed E-state index contributed by atoms with van der Waals surface area (Å²) < 4.78 is 0. The highest BCUT2D eigenvalue weighted by Gasteiger charge is 2.30. The maximum absolute atomic E-state index is 12.7. The molecular weight excluding hydrogens is 332 g/mol. The lowest BCUT2D eigenvalue weighted by atomic mass is 9.88. The summed E-state index contributed by atoms with van der Waals surface area (Å²) in [6.45, 7) is 3.27. The second-order valence-electron chi connectivity index (χ2n) is 7.65. The number of nitrogens with two attached hydrogens (primary N) is 1. The molecule has 0 spiro atoms. The molecule has 0 bridgehead atoms. The van der Waals surface area contributed by atoms with Gasteiger partial charge in [-0.3, -0.25) is 9.59 Å². The van der Waals surface area contributed by atoms with Crippen molar-refractivity contribution in [1.29, 1.82) is 0 Å². The third-order valence-corrected chi connectivity index (χ3v) is 5.59. The van der Waals surface area contributed by atoms with Crippen LogP contribution in [0.25, 0.3) is 0 Å². The van der Waals surface area contributed by atoms with Crippen molar-refractivity contribution in [3.8, 4) is 0 Å². The fraction of sp³-hybridized carbons (Fsp3) is 0.842. The Morgan fingerprint density at radius 3 is 2.31 bits per heavy atom. The van der Waals surface area contributed by atoms with Crippen molar-refractivity contribution in [3.05, 3.63) is 0 Å². The number of amides is 4.